The van der Waals surface area contributed by atoms with E-state index in [1.54, 1.807) is 0 Å². The Bertz CT molecular complexity index is 707. The van der Waals surface area contributed by atoms with E-state index in [9.17, 15) is 13.2 Å². The third-order valence-corrected chi connectivity index (χ3v) is 3.63. The highest BCUT2D eigenvalue weighted by atomic mass is 35.5. The van der Waals surface area contributed by atoms with Gasteiger partial charge in [0, 0.05) is 18.5 Å². The first kappa shape index (κ1) is 12.6. The van der Waals surface area contributed by atoms with Gasteiger partial charge in [0.25, 0.3) is 10.0 Å². The van der Waals surface area contributed by atoms with E-state index in [2.05, 4.69) is 14.7 Å². The molecule has 0 saturated heterocycles. The smallest absolute Gasteiger partial charge is 0.263 e. The Kier molecular flexibility index (Phi) is 3.35. The molecule has 0 aliphatic heterocycles. The standard InChI is InChI=1S/C10H8ClN3O3S/c11-9-5-7(3-4-12-9)14-18(16,17)8-1-2-10(15)13-6-8/h1-6H,(H,12,14)(H,13,15). The zero-order chi connectivity index (χ0) is 13.2. The molecule has 0 spiro atoms. The number of nitrogens with zero attached hydrogens (tertiary/aromatic N) is 1. The summed E-state index contributed by atoms with van der Waals surface area (Å²) in [7, 11) is -3.75. The molecule has 0 aliphatic carbocycles. The molecule has 8 heteroatoms. The predicted octanol–water partition coefficient (Wildman–Crippen LogP) is 1.22. The van der Waals surface area contributed by atoms with Crippen molar-refractivity contribution in [2.75, 3.05) is 4.72 Å². The summed E-state index contributed by atoms with van der Waals surface area (Å²) in [5.74, 6) is 0. The third-order valence-electron chi connectivity index (χ3n) is 2.04. The number of aromatic nitrogens is 2. The van der Waals surface area contributed by atoms with E-state index in [-0.39, 0.29) is 15.6 Å². The van der Waals surface area contributed by atoms with Gasteiger partial charge in [0.05, 0.1) is 5.69 Å². The molecule has 0 fully saturated rings. The summed E-state index contributed by atoms with van der Waals surface area (Å²) in [6.45, 7) is 0. The minimum Gasteiger partial charge on any atom is -0.328 e. The first-order valence-electron chi connectivity index (χ1n) is 4.80. The minimum atomic E-state index is -3.75. The lowest BCUT2D eigenvalue weighted by molar-refractivity contribution is 0.600. The van der Waals surface area contributed by atoms with Crippen molar-refractivity contribution < 1.29 is 8.42 Å². The average molecular weight is 286 g/mol. The van der Waals surface area contributed by atoms with Crippen LogP contribution in [0.15, 0.2) is 46.3 Å². The number of hydrogen-bond donors (Lipinski definition) is 2. The molecule has 2 rings (SSSR count). The second-order valence-electron chi connectivity index (χ2n) is 3.36. The molecule has 18 heavy (non-hydrogen) atoms. The van der Waals surface area contributed by atoms with Crippen LogP contribution in [0.25, 0.3) is 0 Å². The summed E-state index contributed by atoms with van der Waals surface area (Å²) in [5, 5.41) is 0.177. The first-order chi connectivity index (χ1) is 8.47. The Morgan fingerprint density at radius 1 is 1.28 bits per heavy atom. The fourth-order valence-electron chi connectivity index (χ4n) is 1.24. The summed E-state index contributed by atoms with van der Waals surface area (Å²) < 4.78 is 26.2. The lowest BCUT2D eigenvalue weighted by Gasteiger charge is -2.07. The molecule has 0 atom stereocenters. The van der Waals surface area contributed by atoms with Crippen LogP contribution in [0.3, 0.4) is 0 Å². The number of H-pyrrole nitrogens is 1. The highest BCUT2D eigenvalue weighted by Gasteiger charge is 2.14. The van der Waals surface area contributed by atoms with Crippen molar-refractivity contribution in [3.8, 4) is 0 Å². The maximum absolute atomic E-state index is 11.9. The Morgan fingerprint density at radius 3 is 2.67 bits per heavy atom. The van der Waals surface area contributed by atoms with Crippen LogP contribution in [0, 0.1) is 0 Å². The zero-order valence-electron chi connectivity index (χ0n) is 8.92. The van der Waals surface area contributed by atoms with E-state index >= 15 is 0 Å². The van der Waals surface area contributed by atoms with E-state index in [0.29, 0.717) is 5.69 Å². The van der Waals surface area contributed by atoms with Crippen molar-refractivity contribution >= 4 is 27.3 Å². The van der Waals surface area contributed by atoms with Crippen LogP contribution >= 0.6 is 11.6 Å². The Balaban J connectivity index is 2.33. The zero-order valence-corrected chi connectivity index (χ0v) is 10.5. The molecule has 2 aromatic rings. The number of hydrogen-bond acceptors (Lipinski definition) is 4. The van der Waals surface area contributed by atoms with Crippen LogP contribution in [0.2, 0.25) is 5.15 Å². The Hall–Kier alpha value is -1.86. The molecule has 2 N–H and O–H groups in total. The fraction of sp³-hybridized carbons (Fsp3) is 0. The molecule has 0 radical (unpaired) electrons. The van der Waals surface area contributed by atoms with Gasteiger partial charge < -0.3 is 4.98 Å². The summed E-state index contributed by atoms with van der Waals surface area (Å²) in [4.78, 5) is 16.8. The molecule has 2 aromatic heterocycles. The molecule has 94 valence electrons. The van der Waals surface area contributed by atoms with Crippen LogP contribution in [-0.2, 0) is 10.0 Å². The number of pyridine rings is 2. The summed E-state index contributed by atoms with van der Waals surface area (Å²) in [6, 6.07) is 5.19. The second-order valence-corrected chi connectivity index (χ2v) is 5.43. The highest BCUT2D eigenvalue weighted by Crippen LogP contribution is 2.16. The monoisotopic (exact) mass is 285 g/mol. The molecule has 2 heterocycles. The summed E-state index contributed by atoms with van der Waals surface area (Å²) >= 11 is 5.65. The second kappa shape index (κ2) is 4.79. The SMILES string of the molecule is O=c1ccc(S(=O)(=O)Nc2ccnc(Cl)c2)c[nH]1. The third kappa shape index (κ3) is 2.88. The maximum Gasteiger partial charge on any atom is 0.263 e. The summed E-state index contributed by atoms with van der Waals surface area (Å²) in [5.41, 5.74) is -0.0814. The van der Waals surface area contributed by atoms with Gasteiger partial charge in [-0.25, -0.2) is 13.4 Å². The van der Waals surface area contributed by atoms with E-state index < -0.39 is 10.0 Å². The topological polar surface area (TPSA) is 91.9 Å². The van der Waals surface area contributed by atoms with Crippen LogP contribution in [0.1, 0.15) is 0 Å². The van der Waals surface area contributed by atoms with E-state index in [0.717, 1.165) is 12.3 Å². The van der Waals surface area contributed by atoms with Gasteiger partial charge in [-0.1, -0.05) is 11.6 Å². The van der Waals surface area contributed by atoms with Crippen LogP contribution in [0.4, 0.5) is 5.69 Å². The van der Waals surface area contributed by atoms with Gasteiger partial charge in [-0.05, 0) is 18.2 Å². The van der Waals surface area contributed by atoms with Crippen molar-refractivity contribution in [1.29, 1.82) is 0 Å². The minimum absolute atomic E-state index is 0.0463. The molecule has 0 bridgehead atoms. The average Bonchev–Trinajstić information content (AvgIpc) is 2.29. The highest BCUT2D eigenvalue weighted by molar-refractivity contribution is 7.92. The first-order valence-corrected chi connectivity index (χ1v) is 6.67. The van der Waals surface area contributed by atoms with Gasteiger partial charge in [-0.15, -0.1) is 0 Å². The van der Waals surface area contributed by atoms with Crippen molar-refractivity contribution in [2.45, 2.75) is 4.90 Å². The molecular formula is C10H8ClN3O3S. The lowest BCUT2D eigenvalue weighted by atomic mass is 10.4. The van der Waals surface area contributed by atoms with Gasteiger partial charge in [-0.3, -0.25) is 9.52 Å². The predicted molar refractivity (Wildman–Crippen MR) is 67.1 cm³/mol. The van der Waals surface area contributed by atoms with Crippen molar-refractivity contribution in [2.24, 2.45) is 0 Å². The van der Waals surface area contributed by atoms with E-state index in [1.165, 1.54) is 24.4 Å². The molecule has 6 nitrogen and oxygen atoms in total. The van der Waals surface area contributed by atoms with Gasteiger partial charge in [0.2, 0.25) is 5.56 Å². The van der Waals surface area contributed by atoms with Gasteiger partial charge in [0.1, 0.15) is 10.0 Å². The summed E-state index contributed by atoms with van der Waals surface area (Å²) in [6.07, 6.45) is 2.50. The largest absolute Gasteiger partial charge is 0.328 e. The Labute approximate surface area is 108 Å². The van der Waals surface area contributed by atoms with Crippen LogP contribution < -0.4 is 10.3 Å². The number of anilines is 1. The number of rotatable bonds is 3. The van der Waals surface area contributed by atoms with Gasteiger partial charge in [0.15, 0.2) is 0 Å². The van der Waals surface area contributed by atoms with Crippen LogP contribution in [0.5, 0.6) is 0 Å². The molecule has 0 aliphatic rings. The van der Waals surface area contributed by atoms with E-state index in [4.69, 9.17) is 11.6 Å². The van der Waals surface area contributed by atoms with Crippen molar-refractivity contribution in [3.63, 3.8) is 0 Å². The van der Waals surface area contributed by atoms with Crippen molar-refractivity contribution in [3.05, 3.63) is 52.2 Å². The molecule has 0 unspecified atom stereocenters. The Morgan fingerprint density at radius 2 is 2.06 bits per heavy atom. The molecular weight excluding hydrogens is 278 g/mol. The lowest BCUT2D eigenvalue weighted by Crippen LogP contribution is -2.15. The van der Waals surface area contributed by atoms with E-state index in [1.807, 2.05) is 0 Å². The van der Waals surface area contributed by atoms with Gasteiger partial charge in [-0.2, -0.15) is 0 Å². The quantitative estimate of drug-likeness (QED) is 0.830. The number of nitrogens with one attached hydrogen (secondary N) is 2. The molecule has 0 amide bonds. The van der Waals surface area contributed by atoms with Gasteiger partial charge >= 0.3 is 0 Å². The molecule has 0 aromatic carbocycles. The number of halogens is 1. The maximum atomic E-state index is 11.9. The normalized spacial score (nSPS) is 11.2. The fourth-order valence-corrected chi connectivity index (χ4v) is 2.43. The van der Waals surface area contributed by atoms with Crippen LogP contribution in [-0.4, -0.2) is 18.4 Å². The van der Waals surface area contributed by atoms with Crippen molar-refractivity contribution in [1.82, 2.24) is 9.97 Å². The number of sulfonamides is 1. The number of aromatic amines is 1. The molecule has 0 saturated carbocycles.